The van der Waals surface area contributed by atoms with Crippen molar-refractivity contribution in [3.8, 4) is 0 Å². The van der Waals surface area contributed by atoms with Crippen LogP contribution in [0.2, 0.25) is 0 Å². The number of piperidine rings is 1. The van der Waals surface area contributed by atoms with E-state index in [2.05, 4.69) is 4.83 Å². The van der Waals surface area contributed by atoms with Crippen molar-refractivity contribution in [2.45, 2.75) is 51.6 Å². The Morgan fingerprint density at radius 3 is 2.39 bits per heavy atom. The third-order valence-electron chi connectivity index (χ3n) is 3.46. The van der Waals surface area contributed by atoms with Crippen molar-refractivity contribution in [1.29, 1.82) is 0 Å². The highest BCUT2D eigenvalue weighted by molar-refractivity contribution is 7.87. The van der Waals surface area contributed by atoms with Crippen LogP contribution in [0.1, 0.15) is 39.5 Å². The van der Waals surface area contributed by atoms with Gasteiger partial charge in [-0.15, -0.1) is 4.83 Å². The predicted molar refractivity (Wildman–Crippen MR) is 71.0 cm³/mol. The molecule has 18 heavy (non-hydrogen) atoms. The first-order valence-corrected chi connectivity index (χ1v) is 7.95. The molecule has 0 amide bonds. The molecule has 1 fully saturated rings. The highest BCUT2D eigenvalue weighted by Crippen LogP contribution is 2.21. The van der Waals surface area contributed by atoms with E-state index in [9.17, 15) is 8.42 Å². The fraction of sp³-hybridized carbons (Fsp3) is 1.00. The molecule has 0 radical (unpaired) electrons. The number of nitrogens with one attached hydrogen (secondary N) is 1. The van der Waals surface area contributed by atoms with E-state index in [0.29, 0.717) is 13.0 Å². The second-order valence-electron chi connectivity index (χ2n) is 5.03. The van der Waals surface area contributed by atoms with Crippen molar-refractivity contribution < 1.29 is 13.5 Å². The average Bonchev–Trinajstić information content (AvgIpc) is 2.31. The molecule has 1 saturated heterocycles. The van der Waals surface area contributed by atoms with E-state index in [0.717, 1.165) is 19.3 Å². The highest BCUT2D eigenvalue weighted by atomic mass is 32.2. The van der Waals surface area contributed by atoms with Gasteiger partial charge in [-0.2, -0.15) is 12.7 Å². The van der Waals surface area contributed by atoms with Crippen LogP contribution in [0.3, 0.4) is 0 Å². The summed E-state index contributed by atoms with van der Waals surface area (Å²) in [6.45, 7) is 4.39. The van der Waals surface area contributed by atoms with Gasteiger partial charge in [0.15, 0.2) is 0 Å². The van der Waals surface area contributed by atoms with E-state index in [-0.39, 0.29) is 18.7 Å². The maximum absolute atomic E-state index is 12.1. The molecule has 0 aromatic rings. The molecule has 108 valence electrons. The van der Waals surface area contributed by atoms with Gasteiger partial charge in [0.2, 0.25) is 0 Å². The van der Waals surface area contributed by atoms with Gasteiger partial charge in [-0.3, -0.25) is 0 Å². The van der Waals surface area contributed by atoms with Crippen LogP contribution in [-0.2, 0) is 10.2 Å². The molecule has 1 rings (SSSR count). The van der Waals surface area contributed by atoms with Crippen LogP contribution in [0, 0.1) is 0 Å². The lowest BCUT2D eigenvalue weighted by Crippen LogP contribution is -2.56. The van der Waals surface area contributed by atoms with E-state index in [1.807, 2.05) is 18.9 Å². The Bertz CT molecular complexity index is 337. The zero-order valence-corrected chi connectivity index (χ0v) is 12.3. The fourth-order valence-corrected chi connectivity index (χ4v) is 3.35. The van der Waals surface area contributed by atoms with Crippen molar-refractivity contribution in [2.75, 3.05) is 20.2 Å². The standard InChI is InChI=1S/C11H25N3O3S/c1-10-6-4-7-11(2)14(10)12-18(16,17)13(3)8-5-9-15/h10-12,15H,4-9H2,1-3H3. The molecule has 1 aliphatic heterocycles. The van der Waals surface area contributed by atoms with Gasteiger partial charge in [-0.25, -0.2) is 5.01 Å². The zero-order valence-electron chi connectivity index (χ0n) is 11.5. The van der Waals surface area contributed by atoms with Gasteiger partial charge in [-0.05, 0) is 33.1 Å². The summed E-state index contributed by atoms with van der Waals surface area (Å²) >= 11 is 0. The topological polar surface area (TPSA) is 72.9 Å². The van der Waals surface area contributed by atoms with Gasteiger partial charge in [0.1, 0.15) is 0 Å². The summed E-state index contributed by atoms with van der Waals surface area (Å²) in [7, 11) is -1.97. The minimum absolute atomic E-state index is 0.00359. The maximum atomic E-state index is 12.1. The molecule has 2 N–H and O–H groups in total. The van der Waals surface area contributed by atoms with Gasteiger partial charge in [0.25, 0.3) is 10.2 Å². The molecule has 1 aliphatic rings. The molecule has 7 heteroatoms. The van der Waals surface area contributed by atoms with Crippen molar-refractivity contribution in [3.05, 3.63) is 0 Å². The first-order chi connectivity index (χ1) is 8.38. The average molecular weight is 279 g/mol. The minimum Gasteiger partial charge on any atom is -0.396 e. The molecule has 0 bridgehead atoms. The lowest BCUT2D eigenvalue weighted by Gasteiger charge is -2.39. The number of hydrazine groups is 1. The minimum atomic E-state index is -3.50. The SMILES string of the molecule is CC1CCCC(C)N1NS(=O)(=O)N(C)CCCO. The number of rotatable bonds is 6. The third-order valence-corrected chi connectivity index (χ3v) is 4.90. The number of hydrogen-bond acceptors (Lipinski definition) is 4. The molecule has 0 saturated carbocycles. The van der Waals surface area contributed by atoms with Gasteiger partial charge < -0.3 is 5.11 Å². The van der Waals surface area contributed by atoms with Crippen LogP contribution >= 0.6 is 0 Å². The second-order valence-corrected chi connectivity index (χ2v) is 6.79. The van der Waals surface area contributed by atoms with Crippen LogP contribution in [-0.4, -0.2) is 55.1 Å². The number of aliphatic hydroxyl groups excluding tert-OH is 1. The van der Waals surface area contributed by atoms with E-state index in [1.165, 1.54) is 11.4 Å². The first kappa shape index (κ1) is 15.8. The molecule has 2 unspecified atom stereocenters. The van der Waals surface area contributed by atoms with E-state index in [1.54, 1.807) is 0 Å². The van der Waals surface area contributed by atoms with Gasteiger partial charge >= 0.3 is 0 Å². The van der Waals surface area contributed by atoms with E-state index >= 15 is 0 Å². The van der Waals surface area contributed by atoms with Crippen molar-refractivity contribution in [3.63, 3.8) is 0 Å². The van der Waals surface area contributed by atoms with Crippen molar-refractivity contribution in [2.24, 2.45) is 0 Å². The molecule has 1 heterocycles. The number of nitrogens with zero attached hydrogens (tertiary/aromatic N) is 2. The first-order valence-electron chi connectivity index (χ1n) is 6.51. The summed E-state index contributed by atoms with van der Waals surface area (Å²) in [5.74, 6) is 0. The summed E-state index contributed by atoms with van der Waals surface area (Å²) < 4.78 is 25.4. The summed E-state index contributed by atoms with van der Waals surface area (Å²) in [5, 5.41) is 10.6. The Balaban J connectivity index is 2.63. The number of hydrogen-bond donors (Lipinski definition) is 2. The summed E-state index contributed by atoms with van der Waals surface area (Å²) in [6.07, 6.45) is 3.60. The number of aliphatic hydroxyl groups is 1. The molecular formula is C11H25N3O3S. The Labute approximate surface area is 110 Å². The Morgan fingerprint density at radius 1 is 1.33 bits per heavy atom. The molecule has 6 nitrogen and oxygen atoms in total. The summed E-state index contributed by atoms with van der Waals surface area (Å²) in [5.41, 5.74) is 0. The maximum Gasteiger partial charge on any atom is 0.292 e. The fourth-order valence-electron chi connectivity index (χ4n) is 2.22. The van der Waals surface area contributed by atoms with Crippen LogP contribution in [0.5, 0.6) is 0 Å². The third kappa shape index (κ3) is 4.17. The van der Waals surface area contributed by atoms with E-state index < -0.39 is 10.2 Å². The molecule has 0 aromatic heterocycles. The van der Waals surface area contributed by atoms with Crippen LogP contribution < -0.4 is 4.83 Å². The molecule has 0 spiro atoms. The van der Waals surface area contributed by atoms with Crippen molar-refractivity contribution >= 4 is 10.2 Å². The zero-order chi connectivity index (χ0) is 13.8. The smallest absolute Gasteiger partial charge is 0.292 e. The Hall–Kier alpha value is -0.210. The van der Waals surface area contributed by atoms with Crippen molar-refractivity contribution in [1.82, 2.24) is 14.1 Å². The van der Waals surface area contributed by atoms with Crippen LogP contribution in [0.4, 0.5) is 0 Å². The normalized spacial score (nSPS) is 26.7. The monoisotopic (exact) mass is 279 g/mol. The van der Waals surface area contributed by atoms with Crippen LogP contribution in [0.15, 0.2) is 0 Å². The lowest BCUT2D eigenvalue weighted by molar-refractivity contribution is 0.0764. The van der Waals surface area contributed by atoms with Gasteiger partial charge in [0.05, 0.1) is 0 Å². The van der Waals surface area contributed by atoms with Gasteiger partial charge in [0, 0.05) is 32.3 Å². The Kier molecular flexibility index (Phi) is 6.00. The largest absolute Gasteiger partial charge is 0.396 e. The predicted octanol–water partition coefficient (Wildman–Crippen LogP) is 0.313. The highest BCUT2D eigenvalue weighted by Gasteiger charge is 2.29. The lowest BCUT2D eigenvalue weighted by atomic mass is 10.0. The van der Waals surface area contributed by atoms with Crippen LogP contribution in [0.25, 0.3) is 0 Å². The van der Waals surface area contributed by atoms with E-state index in [4.69, 9.17) is 5.11 Å². The quantitative estimate of drug-likeness (QED) is 0.734. The molecule has 0 aromatic carbocycles. The molecular weight excluding hydrogens is 254 g/mol. The summed E-state index contributed by atoms with van der Waals surface area (Å²) in [4.78, 5) is 2.65. The molecule has 0 aliphatic carbocycles. The molecule has 2 atom stereocenters. The Morgan fingerprint density at radius 2 is 1.89 bits per heavy atom. The summed E-state index contributed by atoms with van der Waals surface area (Å²) in [6, 6.07) is 0.435. The second kappa shape index (κ2) is 6.81. The van der Waals surface area contributed by atoms with Gasteiger partial charge in [-0.1, -0.05) is 6.42 Å².